The van der Waals surface area contributed by atoms with Crippen LogP contribution in [-0.2, 0) is 9.53 Å². The first kappa shape index (κ1) is 46.4. The van der Waals surface area contributed by atoms with E-state index in [1.807, 2.05) is 0 Å². The van der Waals surface area contributed by atoms with Crippen LogP contribution in [0.1, 0.15) is 252 Å². The zero-order chi connectivity index (χ0) is 34.3. The van der Waals surface area contributed by atoms with Crippen LogP contribution in [0.5, 0.6) is 0 Å². The van der Waals surface area contributed by atoms with Gasteiger partial charge in [-0.15, -0.1) is 0 Å². The Balaban J connectivity index is 3.68. The Hall–Kier alpha value is -0.570. The summed E-state index contributed by atoms with van der Waals surface area (Å²) in [6.07, 6.45) is 47.6. The van der Waals surface area contributed by atoms with Gasteiger partial charge in [0, 0.05) is 6.42 Å². The van der Waals surface area contributed by atoms with E-state index in [-0.39, 0.29) is 12.1 Å². The second-order valence-corrected chi connectivity index (χ2v) is 15.3. The van der Waals surface area contributed by atoms with Crippen molar-refractivity contribution in [2.75, 3.05) is 20.1 Å². The van der Waals surface area contributed by atoms with Crippen molar-refractivity contribution in [1.82, 2.24) is 4.90 Å². The number of rotatable bonds is 40. The molecule has 3 heteroatoms. The van der Waals surface area contributed by atoms with Gasteiger partial charge in [-0.1, -0.05) is 201 Å². The summed E-state index contributed by atoms with van der Waals surface area (Å²) in [5.74, 6) is 0.0606. The normalized spacial score (nSPS) is 11.7. The van der Waals surface area contributed by atoms with E-state index in [0.717, 1.165) is 25.7 Å². The highest BCUT2D eigenvalue weighted by Crippen LogP contribution is 2.19. The SMILES string of the molecule is CCCCCCCCCCCCCCCCCCN(C)CCCCCCCC(=O)OC(CCCCCCCC)CCCCCCCC. The Morgan fingerprint density at radius 3 is 1.02 bits per heavy atom. The van der Waals surface area contributed by atoms with Crippen molar-refractivity contribution in [1.29, 1.82) is 0 Å². The second kappa shape index (κ2) is 39.9. The molecule has 0 rings (SSSR count). The first-order valence-corrected chi connectivity index (χ1v) is 22.0. The number of nitrogens with zero attached hydrogens (tertiary/aromatic N) is 1. The molecule has 282 valence electrons. The van der Waals surface area contributed by atoms with E-state index in [4.69, 9.17) is 4.74 Å². The average Bonchev–Trinajstić information content (AvgIpc) is 3.07. The number of carbonyl (C=O) groups excluding carboxylic acids is 1. The van der Waals surface area contributed by atoms with E-state index < -0.39 is 0 Å². The minimum absolute atomic E-state index is 0.0606. The van der Waals surface area contributed by atoms with Gasteiger partial charge >= 0.3 is 5.97 Å². The summed E-state index contributed by atoms with van der Waals surface area (Å²) in [7, 11) is 2.30. The lowest BCUT2D eigenvalue weighted by Crippen LogP contribution is -2.20. The maximum atomic E-state index is 12.6. The summed E-state index contributed by atoms with van der Waals surface area (Å²) >= 11 is 0. The van der Waals surface area contributed by atoms with Crippen LogP contribution < -0.4 is 0 Å². The van der Waals surface area contributed by atoms with E-state index in [0.29, 0.717) is 6.42 Å². The summed E-state index contributed by atoms with van der Waals surface area (Å²) in [5, 5.41) is 0. The number of carbonyl (C=O) groups is 1. The largest absolute Gasteiger partial charge is 0.462 e. The minimum atomic E-state index is 0.0606. The van der Waals surface area contributed by atoms with Crippen LogP contribution >= 0.6 is 0 Å². The van der Waals surface area contributed by atoms with E-state index in [1.165, 1.54) is 212 Å². The summed E-state index contributed by atoms with van der Waals surface area (Å²) < 4.78 is 6.03. The number of ether oxygens (including phenoxy) is 1. The number of unbranched alkanes of at least 4 members (excludes halogenated alkanes) is 29. The topological polar surface area (TPSA) is 29.5 Å². The third-order valence-corrected chi connectivity index (χ3v) is 10.4. The maximum absolute atomic E-state index is 12.6. The lowest BCUT2D eigenvalue weighted by molar-refractivity contribution is -0.150. The Kier molecular flexibility index (Phi) is 39.4. The fourth-order valence-electron chi connectivity index (χ4n) is 7.03. The van der Waals surface area contributed by atoms with Crippen molar-refractivity contribution in [2.24, 2.45) is 0 Å². The molecule has 0 radical (unpaired) electrons. The van der Waals surface area contributed by atoms with Crippen molar-refractivity contribution in [2.45, 2.75) is 258 Å². The molecule has 0 unspecified atom stereocenters. The quantitative estimate of drug-likeness (QED) is 0.0482. The number of hydrogen-bond donors (Lipinski definition) is 0. The lowest BCUT2D eigenvalue weighted by Gasteiger charge is -2.18. The molecule has 47 heavy (non-hydrogen) atoms. The summed E-state index contributed by atoms with van der Waals surface area (Å²) in [6, 6.07) is 0. The van der Waals surface area contributed by atoms with Crippen molar-refractivity contribution < 1.29 is 9.53 Å². The van der Waals surface area contributed by atoms with Gasteiger partial charge in [-0.25, -0.2) is 0 Å². The molecule has 0 saturated carbocycles. The van der Waals surface area contributed by atoms with Crippen LogP contribution in [0.2, 0.25) is 0 Å². The average molecular weight is 664 g/mol. The molecule has 0 N–H and O–H groups in total. The molecule has 0 aromatic carbocycles. The molecule has 0 aromatic heterocycles. The fraction of sp³-hybridized carbons (Fsp3) is 0.977. The first-order valence-electron chi connectivity index (χ1n) is 22.0. The molecule has 0 amide bonds. The van der Waals surface area contributed by atoms with E-state index in [2.05, 4.69) is 32.7 Å². The first-order chi connectivity index (χ1) is 23.1. The summed E-state index contributed by atoms with van der Waals surface area (Å²) in [4.78, 5) is 15.2. The van der Waals surface area contributed by atoms with Crippen molar-refractivity contribution in [3.8, 4) is 0 Å². The highest BCUT2D eigenvalue weighted by atomic mass is 16.5. The summed E-state index contributed by atoms with van der Waals surface area (Å²) in [5.41, 5.74) is 0. The van der Waals surface area contributed by atoms with Crippen molar-refractivity contribution in [3.05, 3.63) is 0 Å². The smallest absolute Gasteiger partial charge is 0.306 e. The molecule has 0 aliphatic rings. The molecule has 0 fully saturated rings. The zero-order valence-electron chi connectivity index (χ0n) is 33.2. The Morgan fingerprint density at radius 1 is 0.404 bits per heavy atom. The van der Waals surface area contributed by atoms with E-state index >= 15 is 0 Å². The minimum Gasteiger partial charge on any atom is -0.462 e. The third kappa shape index (κ3) is 38.1. The molecule has 0 heterocycles. The van der Waals surface area contributed by atoms with Crippen LogP contribution in [0.25, 0.3) is 0 Å². The van der Waals surface area contributed by atoms with Gasteiger partial charge < -0.3 is 9.64 Å². The van der Waals surface area contributed by atoms with Crippen molar-refractivity contribution in [3.63, 3.8) is 0 Å². The van der Waals surface area contributed by atoms with Crippen LogP contribution in [0.4, 0.5) is 0 Å². The van der Waals surface area contributed by atoms with Crippen molar-refractivity contribution >= 4 is 5.97 Å². The molecule has 0 aliphatic carbocycles. The number of esters is 1. The standard InChI is InChI=1S/C44H89NO2/c1-5-8-11-14-17-18-19-20-21-22-23-24-25-26-31-36-41-45(4)42-37-32-27-30-35-40-44(46)47-43(38-33-28-15-12-9-6-2)39-34-29-16-13-10-7-3/h43H,5-42H2,1-4H3. The van der Waals surface area contributed by atoms with Gasteiger partial charge in [0.1, 0.15) is 6.10 Å². The highest BCUT2D eigenvalue weighted by Gasteiger charge is 2.14. The maximum Gasteiger partial charge on any atom is 0.306 e. The van der Waals surface area contributed by atoms with Gasteiger partial charge in [0.25, 0.3) is 0 Å². The van der Waals surface area contributed by atoms with E-state index in [9.17, 15) is 4.79 Å². The van der Waals surface area contributed by atoms with Gasteiger partial charge in [0.2, 0.25) is 0 Å². The number of hydrogen-bond acceptors (Lipinski definition) is 3. The molecule has 0 bridgehead atoms. The van der Waals surface area contributed by atoms with Gasteiger partial charge in [-0.2, -0.15) is 0 Å². The lowest BCUT2D eigenvalue weighted by atomic mass is 10.0. The molecular formula is C44H89NO2. The molecule has 0 atom stereocenters. The van der Waals surface area contributed by atoms with Gasteiger partial charge in [-0.05, 0) is 65.1 Å². The monoisotopic (exact) mass is 664 g/mol. The highest BCUT2D eigenvalue weighted by molar-refractivity contribution is 5.69. The van der Waals surface area contributed by atoms with E-state index in [1.54, 1.807) is 0 Å². The Labute approximate surface area is 297 Å². The fourth-order valence-corrected chi connectivity index (χ4v) is 7.03. The third-order valence-electron chi connectivity index (χ3n) is 10.4. The molecular weight excluding hydrogens is 574 g/mol. The molecule has 0 spiro atoms. The van der Waals surface area contributed by atoms with Crippen LogP contribution in [0.3, 0.4) is 0 Å². The van der Waals surface area contributed by atoms with Gasteiger partial charge in [0.05, 0.1) is 0 Å². The molecule has 0 aromatic rings. The van der Waals surface area contributed by atoms with Crippen LogP contribution in [0.15, 0.2) is 0 Å². The Morgan fingerprint density at radius 2 is 0.681 bits per heavy atom. The Bertz CT molecular complexity index is 577. The molecule has 3 nitrogen and oxygen atoms in total. The molecule has 0 aliphatic heterocycles. The van der Waals surface area contributed by atoms with Crippen LogP contribution in [0, 0.1) is 0 Å². The van der Waals surface area contributed by atoms with Gasteiger partial charge in [-0.3, -0.25) is 4.79 Å². The predicted octanol–water partition coefficient (Wildman–Crippen LogP) is 14.9. The van der Waals surface area contributed by atoms with Gasteiger partial charge in [0.15, 0.2) is 0 Å². The van der Waals surface area contributed by atoms with Crippen LogP contribution in [-0.4, -0.2) is 37.1 Å². The molecule has 0 saturated heterocycles. The predicted molar refractivity (Wildman–Crippen MR) is 211 cm³/mol. The zero-order valence-corrected chi connectivity index (χ0v) is 33.2. The summed E-state index contributed by atoms with van der Waals surface area (Å²) in [6.45, 7) is 9.33. The second-order valence-electron chi connectivity index (χ2n) is 15.3.